The number of aromatic amines is 1. The van der Waals surface area contributed by atoms with Gasteiger partial charge in [-0.2, -0.15) is 0 Å². The van der Waals surface area contributed by atoms with E-state index >= 15 is 0 Å². The summed E-state index contributed by atoms with van der Waals surface area (Å²) in [5.41, 5.74) is 0.544. The maximum absolute atomic E-state index is 11.8. The molecule has 1 aromatic rings. The lowest BCUT2D eigenvalue weighted by Crippen LogP contribution is -2.20. The molecule has 0 aliphatic rings. The molecule has 0 bridgehead atoms. The van der Waals surface area contributed by atoms with E-state index in [2.05, 4.69) is 4.98 Å². The highest BCUT2D eigenvalue weighted by atomic mass is 16.5. The van der Waals surface area contributed by atoms with Gasteiger partial charge >= 0.3 is 11.9 Å². The van der Waals surface area contributed by atoms with E-state index in [9.17, 15) is 14.4 Å². The second-order valence-corrected chi connectivity index (χ2v) is 3.86. The van der Waals surface area contributed by atoms with E-state index < -0.39 is 11.9 Å². The Morgan fingerprint density at radius 2 is 1.84 bits per heavy atom. The van der Waals surface area contributed by atoms with Gasteiger partial charge in [-0.15, -0.1) is 0 Å². The number of rotatable bonds is 5. The Kier molecular flexibility index (Phi) is 5.29. The standard InChI is InChI=1S/C13H17NO5/c1-4-18-11(16)7-9-6-10(15)14-8(3)12(9)13(17)19-5-2/h6H,4-5,7H2,1-3H3,(H,14,15). The summed E-state index contributed by atoms with van der Waals surface area (Å²) >= 11 is 0. The highest BCUT2D eigenvalue weighted by Gasteiger charge is 2.19. The molecule has 0 saturated heterocycles. The zero-order chi connectivity index (χ0) is 14.4. The van der Waals surface area contributed by atoms with Crippen molar-refractivity contribution in [3.63, 3.8) is 0 Å². The zero-order valence-electron chi connectivity index (χ0n) is 11.2. The fraction of sp³-hybridized carbons (Fsp3) is 0.462. The second kappa shape index (κ2) is 6.72. The van der Waals surface area contributed by atoms with Crippen molar-refractivity contribution >= 4 is 11.9 Å². The molecule has 19 heavy (non-hydrogen) atoms. The maximum atomic E-state index is 11.8. The van der Waals surface area contributed by atoms with Gasteiger partial charge in [0.15, 0.2) is 0 Å². The molecule has 6 heteroatoms. The van der Waals surface area contributed by atoms with Crippen molar-refractivity contribution in [2.45, 2.75) is 27.2 Å². The molecule has 0 spiro atoms. The van der Waals surface area contributed by atoms with E-state index in [4.69, 9.17) is 9.47 Å². The number of pyridine rings is 1. The van der Waals surface area contributed by atoms with Crippen LogP contribution in [0.15, 0.2) is 10.9 Å². The molecule has 0 saturated carbocycles. The van der Waals surface area contributed by atoms with E-state index in [-0.39, 0.29) is 30.8 Å². The van der Waals surface area contributed by atoms with Crippen molar-refractivity contribution in [2.24, 2.45) is 0 Å². The Hall–Kier alpha value is -2.11. The van der Waals surface area contributed by atoms with Crippen molar-refractivity contribution in [3.8, 4) is 0 Å². The van der Waals surface area contributed by atoms with Crippen molar-refractivity contribution < 1.29 is 19.1 Å². The van der Waals surface area contributed by atoms with Crippen LogP contribution in [0.1, 0.15) is 35.5 Å². The largest absolute Gasteiger partial charge is 0.466 e. The van der Waals surface area contributed by atoms with Gasteiger partial charge in [0, 0.05) is 11.8 Å². The molecular weight excluding hydrogens is 250 g/mol. The monoisotopic (exact) mass is 267 g/mol. The fourth-order valence-corrected chi connectivity index (χ4v) is 1.75. The molecule has 1 N–H and O–H groups in total. The summed E-state index contributed by atoms with van der Waals surface area (Å²) in [6.45, 7) is 5.42. The summed E-state index contributed by atoms with van der Waals surface area (Å²) in [6.07, 6.45) is -0.132. The Balaban J connectivity index is 3.16. The van der Waals surface area contributed by atoms with Crippen molar-refractivity contribution in [1.29, 1.82) is 0 Å². The van der Waals surface area contributed by atoms with Crippen LogP contribution in [0, 0.1) is 6.92 Å². The summed E-state index contributed by atoms with van der Waals surface area (Å²) in [4.78, 5) is 37.3. The lowest BCUT2D eigenvalue weighted by atomic mass is 10.0. The van der Waals surface area contributed by atoms with E-state index in [1.165, 1.54) is 6.07 Å². The zero-order valence-corrected chi connectivity index (χ0v) is 11.2. The first-order chi connectivity index (χ1) is 8.99. The third kappa shape index (κ3) is 3.94. The molecule has 0 aliphatic carbocycles. The van der Waals surface area contributed by atoms with Crippen LogP contribution < -0.4 is 5.56 Å². The fourth-order valence-electron chi connectivity index (χ4n) is 1.75. The second-order valence-electron chi connectivity index (χ2n) is 3.86. The lowest BCUT2D eigenvalue weighted by Gasteiger charge is -2.10. The summed E-state index contributed by atoms with van der Waals surface area (Å²) in [7, 11) is 0. The number of nitrogens with one attached hydrogen (secondary N) is 1. The molecule has 1 heterocycles. The van der Waals surface area contributed by atoms with Gasteiger partial charge in [-0.1, -0.05) is 0 Å². The van der Waals surface area contributed by atoms with Gasteiger partial charge in [0.05, 0.1) is 25.2 Å². The number of ether oxygens (including phenoxy) is 2. The van der Waals surface area contributed by atoms with Crippen LogP contribution in [0.4, 0.5) is 0 Å². The number of aryl methyl sites for hydroxylation is 1. The Morgan fingerprint density at radius 3 is 2.42 bits per heavy atom. The van der Waals surface area contributed by atoms with Crippen molar-refractivity contribution in [3.05, 3.63) is 33.2 Å². The summed E-state index contributed by atoms with van der Waals surface area (Å²) in [6, 6.07) is 1.22. The molecule has 1 aromatic heterocycles. The van der Waals surface area contributed by atoms with Crippen LogP contribution in [0.25, 0.3) is 0 Å². The van der Waals surface area contributed by atoms with Gasteiger partial charge in [-0.3, -0.25) is 9.59 Å². The number of carbonyl (C=O) groups excluding carboxylic acids is 2. The maximum Gasteiger partial charge on any atom is 0.340 e. The highest BCUT2D eigenvalue weighted by molar-refractivity contribution is 5.93. The SMILES string of the molecule is CCOC(=O)Cc1cc(=O)[nH]c(C)c1C(=O)OCC. The Morgan fingerprint density at radius 1 is 1.21 bits per heavy atom. The third-order valence-electron chi connectivity index (χ3n) is 2.43. The van der Waals surface area contributed by atoms with Gasteiger partial charge in [0.2, 0.25) is 5.56 Å². The predicted octanol–water partition coefficient (Wildman–Crippen LogP) is 0.966. The van der Waals surface area contributed by atoms with Crippen molar-refractivity contribution in [1.82, 2.24) is 4.98 Å². The molecule has 0 amide bonds. The molecule has 1 rings (SSSR count). The molecule has 0 unspecified atom stereocenters. The summed E-state index contributed by atoms with van der Waals surface area (Å²) in [5.74, 6) is -1.05. The minimum absolute atomic E-state index is 0.132. The van der Waals surface area contributed by atoms with E-state index in [1.807, 2.05) is 0 Å². The van der Waals surface area contributed by atoms with Gasteiger partial charge in [-0.05, 0) is 26.3 Å². The smallest absolute Gasteiger partial charge is 0.340 e. The first-order valence-electron chi connectivity index (χ1n) is 6.05. The van der Waals surface area contributed by atoms with Crippen LogP contribution in [0.5, 0.6) is 0 Å². The number of carbonyl (C=O) groups is 2. The minimum Gasteiger partial charge on any atom is -0.466 e. The van der Waals surface area contributed by atoms with Crippen LogP contribution in [0.3, 0.4) is 0 Å². The van der Waals surface area contributed by atoms with Crippen LogP contribution in [-0.2, 0) is 20.7 Å². The molecule has 6 nitrogen and oxygen atoms in total. The molecule has 104 valence electrons. The quantitative estimate of drug-likeness (QED) is 0.803. The number of esters is 2. The normalized spacial score (nSPS) is 10.1. The Bertz CT molecular complexity index is 532. The summed E-state index contributed by atoms with van der Waals surface area (Å²) < 4.78 is 9.73. The van der Waals surface area contributed by atoms with E-state index in [0.29, 0.717) is 11.3 Å². The first kappa shape index (κ1) is 14.9. The molecule has 0 atom stereocenters. The number of aromatic nitrogens is 1. The van der Waals surface area contributed by atoms with Crippen LogP contribution >= 0.6 is 0 Å². The molecular formula is C13H17NO5. The van der Waals surface area contributed by atoms with Crippen LogP contribution in [-0.4, -0.2) is 30.1 Å². The minimum atomic E-state index is -0.560. The van der Waals surface area contributed by atoms with Gasteiger partial charge in [0.25, 0.3) is 0 Å². The molecule has 0 aromatic carbocycles. The van der Waals surface area contributed by atoms with Crippen molar-refractivity contribution in [2.75, 3.05) is 13.2 Å². The average molecular weight is 267 g/mol. The third-order valence-corrected chi connectivity index (χ3v) is 2.43. The topological polar surface area (TPSA) is 85.5 Å². The lowest BCUT2D eigenvalue weighted by molar-refractivity contribution is -0.142. The average Bonchev–Trinajstić information content (AvgIpc) is 2.28. The highest BCUT2D eigenvalue weighted by Crippen LogP contribution is 2.13. The number of hydrogen-bond donors (Lipinski definition) is 1. The molecule has 0 radical (unpaired) electrons. The predicted molar refractivity (Wildman–Crippen MR) is 68.1 cm³/mol. The number of H-pyrrole nitrogens is 1. The Labute approximate surface area is 110 Å². The molecule has 0 fully saturated rings. The summed E-state index contributed by atoms with van der Waals surface area (Å²) in [5, 5.41) is 0. The van der Waals surface area contributed by atoms with Gasteiger partial charge in [0.1, 0.15) is 0 Å². The van der Waals surface area contributed by atoms with Gasteiger partial charge < -0.3 is 14.5 Å². The molecule has 0 aliphatic heterocycles. The number of hydrogen-bond acceptors (Lipinski definition) is 5. The van der Waals surface area contributed by atoms with E-state index in [0.717, 1.165) is 0 Å². The van der Waals surface area contributed by atoms with Crippen LogP contribution in [0.2, 0.25) is 0 Å². The van der Waals surface area contributed by atoms with Gasteiger partial charge in [-0.25, -0.2) is 4.79 Å². The first-order valence-corrected chi connectivity index (χ1v) is 6.05. The van der Waals surface area contributed by atoms with E-state index in [1.54, 1.807) is 20.8 Å².